The molecule has 0 saturated heterocycles. The number of halogens is 1. The van der Waals surface area contributed by atoms with Gasteiger partial charge >= 0.3 is 0 Å². The van der Waals surface area contributed by atoms with Crippen molar-refractivity contribution in [3.63, 3.8) is 0 Å². The quantitative estimate of drug-likeness (QED) is 0.319. The largest absolute Gasteiger partial charge is 0.468 e. The number of nitrogens with one attached hydrogen (secondary N) is 1. The van der Waals surface area contributed by atoms with Crippen LogP contribution >= 0.6 is 15.9 Å². The topological polar surface area (TPSA) is 110 Å². The molecule has 2 aromatic heterocycles. The highest BCUT2D eigenvalue weighted by atomic mass is 79.9. The number of hydrogen-bond acceptors (Lipinski definition) is 6. The summed E-state index contributed by atoms with van der Waals surface area (Å²) in [4.78, 5) is 0.0951. The standard InChI is InChI=1S/C22H19BrN2O6S2/c23-17-5-9-21(10-6-17)32(26,27)24-18-7-11-22(12-8-18)33(28,29)25(15-19-3-1-13-30-19)16-20-4-2-14-31-20/h1-14,24H,15-16H2. The Balaban J connectivity index is 1.57. The molecule has 11 heteroatoms. The van der Waals surface area contributed by atoms with E-state index in [2.05, 4.69) is 20.7 Å². The minimum absolute atomic E-state index is 0.00667. The molecule has 0 amide bonds. The molecule has 4 aromatic rings. The van der Waals surface area contributed by atoms with E-state index in [9.17, 15) is 16.8 Å². The van der Waals surface area contributed by atoms with Crippen molar-refractivity contribution in [2.24, 2.45) is 0 Å². The first-order valence-electron chi connectivity index (χ1n) is 9.67. The fourth-order valence-electron chi connectivity index (χ4n) is 3.05. The van der Waals surface area contributed by atoms with E-state index in [1.807, 2.05) is 0 Å². The molecule has 0 saturated carbocycles. The summed E-state index contributed by atoms with van der Waals surface area (Å²) in [5, 5.41) is 0. The third-order valence-electron chi connectivity index (χ3n) is 4.69. The van der Waals surface area contributed by atoms with E-state index < -0.39 is 20.0 Å². The highest BCUT2D eigenvalue weighted by Crippen LogP contribution is 2.24. The highest BCUT2D eigenvalue weighted by molar-refractivity contribution is 9.10. The smallest absolute Gasteiger partial charge is 0.261 e. The van der Waals surface area contributed by atoms with Gasteiger partial charge in [-0.25, -0.2) is 16.8 Å². The van der Waals surface area contributed by atoms with Crippen molar-refractivity contribution in [3.05, 3.63) is 101 Å². The van der Waals surface area contributed by atoms with Crippen LogP contribution in [0.4, 0.5) is 5.69 Å². The molecule has 1 N–H and O–H groups in total. The summed E-state index contributed by atoms with van der Waals surface area (Å²) in [5.41, 5.74) is 0.237. The molecule has 2 heterocycles. The van der Waals surface area contributed by atoms with Crippen molar-refractivity contribution < 1.29 is 25.7 Å². The summed E-state index contributed by atoms with van der Waals surface area (Å²) in [6.45, 7) is 0.0158. The Labute approximate surface area is 200 Å². The van der Waals surface area contributed by atoms with Gasteiger partial charge in [0.15, 0.2) is 0 Å². The third-order valence-corrected chi connectivity index (χ3v) is 8.42. The van der Waals surface area contributed by atoms with Crippen molar-refractivity contribution in [1.82, 2.24) is 4.31 Å². The monoisotopic (exact) mass is 550 g/mol. The molecule has 0 unspecified atom stereocenters. The van der Waals surface area contributed by atoms with Crippen molar-refractivity contribution >= 4 is 41.7 Å². The SMILES string of the molecule is O=S(=O)(Nc1ccc(S(=O)(=O)N(Cc2ccco2)Cc2ccco2)cc1)c1ccc(Br)cc1. The molecule has 0 spiro atoms. The third kappa shape index (κ3) is 5.56. The number of benzene rings is 2. The molecule has 0 radical (unpaired) electrons. The molecular formula is C22H19BrN2O6S2. The van der Waals surface area contributed by atoms with Gasteiger partial charge in [0.2, 0.25) is 10.0 Å². The first kappa shape index (κ1) is 23.3. The Bertz CT molecular complexity index is 1360. The maximum absolute atomic E-state index is 13.3. The summed E-state index contributed by atoms with van der Waals surface area (Å²) in [6.07, 6.45) is 2.94. The Morgan fingerprint density at radius 1 is 0.727 bits per heavy atom. The summed E-state index contributed by atoms with van der Waals surface area (Å²) >= 11 is 3.27. The zero-order chi connectivity index (χ0) is 23.5. The van der Waals surface area contributed by atoms with Gasteiger partial charge in [-0.05, 0) is 72.8 Å². The first-order chi connectivity index (χ1) is 15.7. The lowest BCUT2D eigenvalue weighted by Gasteiger charge is -2.20. The van der Waals surface area contributed by atoms with E-state index in [-0.39, 0.29) is 28.6 Å². The lowest BCUT2D eigenvalue weighted by molar-refractivity contribution is 0.330. The maximum atomic E-state index is 13.3. The van der Waals surface area contributed by atoms with Gasteiger partial charge in [0.25, 0.3) is 10.0 Å². The van der Waals surface area contributed by atoms with Crippen molar-refractivity contribution in [3.8, 4) is 0 Å². The van der Waals surface area contributed by atoms with Crippen molar-refractivity contribution in [1.29, 1.82) is 0 Å². The van der Waals surface area contributed by atoms with Gasteiger partial charge in [-0.1, -0.05) is 15.9 Å². The minimum Gasteiger partial charge on any atom is -0.468 e. The number of anilines is 1. The average Bonchev–Trinajstić information content (AvgIpc) is 3.48. The van der Waals surface area contributed by atoms with Crippen LogP contribution in [-0.2, 0) is 33.1 Å². The molecule has 33 heavy (non-hydrogen) atoms. The summed E-state index contributed by atoms with van der Waals surface area (Å²) in [5.74, 6) is 0.952. The minimum atomic E-state index is -3.94. The van der Waals surface area contributed by atoms with Crippen LogP contribution < -0.4 is 4.72 Å². The van der Waals surface area contributed by atoms with Crippen LogP contribution in [0.1, 0.15) is 11.5 Å². The van der Waals surface area contributed by atoms with Gasteiger partial charge in [-0.15, -0.1) is 0 Å². The van der Waals surface area contributed by atoms with Crippen LogP contribution in [0.2, 0.25) is 0 Å². The Morgan fingerprint density at radius 2 is 1.24 bits per heavy atom. The van der Waals surface area contributed by atoms with Gasteiger partial charge < -0.3 is 8.83 Å². The number of rotatable bonds is 9. The molecule has 0 atom stereocenters. The van der Waals surface area contributed by atoms with Crippen LogP contribution in [0, 0.1) is 0 Å². The Morgan fingerprint density at radius 3 is 1.73 bits per heavy atom. The van der Waals surface area contributed by atoms with E-state index >= 15 is 0 Å². The first-order valence-corrected chi connectivity index (χ1v) is 13.4. The van der Waals surface area contributed by atoms with Crippen LogP contribution in [0.15, 0.2) is 108 Å². The fraction of sp³-hybridized carbons (Fsp3) is 0.0909. The fourth-order valence-corrected chi connectivity index (χ4v) is 5.75. The van der Waals surface area contributed by atoms with E-state index in [1.54, 1.807) is 36.4 Å². The molecular weight excluding hydrogens is 532 g/mol. The molecule has 0 aliphatic carbocycles. The van der Waals surface area contributed by atoms with E-state index in [1.165, 1.54) is 53.2 Å². The molecule has 0 fully saturated rings. The zero-order valence-corrected chi connectivity index (χ0v) is 20.3. The summed E-state index contributed by atoms with van der Waals surface area (Å²) in [7, 11) is -7.76. The van der Waals surface area contributed by atoms with Crippen LogP contribution in [0.3, 0.4) is 0 Å². The van der Waals surface area contributed by atoms with E-state index in [4.69, 9.17) is 8.83 Å². The van der Waals surface area contributed by atoms with Gasteiger partial charge in [0, 0.05) is 10.2 Å². The number of furan rings is 2. The predicted molar refractivity (Wildman–Crippen MR) is 125 cm³/mol. The summed E-state index contributed by atoms with van der Waals surface area (Å²) < 4.78 is 66.9. The second-order valence-corrected chi connectivity index (χ2v) is 11.6. The van der Waals surface area contributed by atoms with Crippen LogP contribution in [0.25, 0.3) is 0 Å². The van der Waals surface area contributed by atoms with Crippen LogP contribution in [0.5, 0.6) is 0 Å². The van der Waals surface area contributed by atoms with Gasteiger partial charge in [0.1, 0.15) is 11.5 Å². The second kappa shape index (κ2) is 9.56. The lowest BCUT2D eigenvalue weighted by atomic mass is 10.3. The van der Waals surface area contributed by atoms with Gasteiger partial charge in [-0.2, -0.15) is 4.31 Å². The normalized spacial score (nSPS) is 12.2. The van der Waals surface area contributed by atoms with E-state index in [0.717, 1.165) is 4.47 Å². The molecule has 4 rings (SSSR count). The zero-order valence-electron chi connectivity index (χ0n) is 17.1. The van der Waals surface area contributed by atoms with E-state index in [0.29, 0.717) is 11.5 Å². The average molecular weight is 551 g/mol. The van der Waals surface area contributed by atoms with Gasteiger partial charge in [-0.3, -0.25) is 4.72 Å². The molecule has 2 aromatic carbocycles. The Hall–Kier alpha value is -2.86. The number of nitrogens with zero attached hydrogens (tertiary/aromatic N) is 1. The molecule has 0 bridgehead atoms. The highest BCUT2D eigenvalue weighted by Gasteiger charge is 2.27. The van der Waals surface area contributed by atoms with Crippen molar-refractivity contribution in [2.45, 2.75) is 22.9 Å². The molecule has 8 nitrogen and oxygen atoms in total. The maximum Gasteiger partial charge on any atom is 0.261 e. The van der Waals surface area contributed by atoms with Crippen molar-refractivity contribution in [2.75, 3.05) is 4.72 Å². The molecule has 172 valence electrons. The Kier molecular flexibility index (Phi) is 6.75. The van der Waals surface area contributed by atoms with Gasteiger partial charge in [0.05, 0.1) is 35.4 Å². The number of hydrogen-bond donors (Lipinski definition) is 1. The molecule has 0 aliphatic heterocycles. The predicted octanol–water partition coefficient (Wildman–Crippen LogP) is 4.83. The van der Waals surface area contributed by atoms with Crippen LogP contribution in [-0.4, -0.2) is 21.1 Å². The second-order valence-electron chi connectivity index (χ2n) is 7.02. The lowest BCUT2D eigenvalue weighted by Crippen LogP contribution is -2.30. The number of sulfonamides is 2. The molecule has 0 aliphatic rings. The summed E-state index contributed by atoms with van der Waals surface area (Å²) in [6, 6.07) is 18.4.